The van der Waals surface area contributed by atoms with Crippen molar-refractivity contribution in [2.24, 2.45) is 0 Å². The molecule has 0 atom stereocenters. The number of hydrogen-bond donors (Lipinski definition) is 0. The second-order valence-corrected chi connectivity index (χ2v) is 5.28. The normalized spacial score (nSPS) is 10.9. The maximum atomic E-state index is 3.66. The first-order chi connectivity index (χ1) is 7.26. The lowest BCUT2D eigenvalue weighted by Crippen LogP contribution is -1.85. The minimum absolute atomic E-state index is 0.877. The van der Waals surface area contributed by atoms with Crippen molar-refractivity contribution in [3.63, 3.8) is 0 Å². The molecule has 0 saturated carbocycles. The molecule has 0 unspecified atom stereocenters. The van der Waals surface area contributed by atoms with E-state index in [1.807, 2.05) is 0 Å². The summed E-state index contributed by atoms with van der Waals surface area (Å²) in [5, 5.41) is 4.33. The highest BCUT2D eigenvalue weighted by molar-refractivity contribution is 9.11. The number of hydrogen-bond acceptors (Lipinski definition) is 0. The summed E-state index contributed by atoms with van der Waals surface area (Å²) < 4.78 is 1.19. The van der Waals surface area contributed by atoms with Crippen molar-refractivity contribution in [3.05, 3.63) is 45.9 Å². The lowest BCUT2D eigenvalue weighted by atomic mass is 10.1. The standard InChI is InChI=1S/C12H9Br3/c13-6-8-1-2-9-3-4-10(7-14)12(15)11(9)5-8/h1-5H,6-7H2. The minimum Gasteiger partial charge on any atom is -0.0876 e. The number of halogens is 3. The van der Waals surface area contributed by atoms with Gasteiger partial charge in [-0.1, -0.05) is 56.1 Å². The summed E-state index contributed by atoms with van der Waals surface area (Å²) in [6, 6.07) is 10.8. The van der Waals surface area contributed by atoms with E-state index in [0.717, 1.165) is 10.7 Å². The van der Waals surface area contributed by atoms with Gasteiger partial charge in [0, 0.05) is 15.1 Å². The van der Waals surface area contributed by atoms with Crippen molar-refractivity contribution in [2.45, 2.75) is 10.7 Å². The molecular formula is C12H9Br3. The maximum Gasteiger partial charge on any atom is 0.0294 e. The summed E-state index contributed by atoms with van der Waals surface area (Å²) in [6.07, 6.45) is 0. The molecule has 0 amide bonds. The Balaban J connectivity index is 2.72. The van der Waals surface area contributed by atoms with Crippen LogP contribution in [0, 0.1) is 0 Å². The fourth-order valence-corrected chi connectivity index (χ4v) is 3.37. The topological polar surface area (TPSA) is 0 Å². The van der Waals surface area contributed by atoms with Crippen LogP contribution in [-0.2, 0) is 10.7 Å². The molecule has 2 aromatic carbocycles. The molecule has 0 radical (unpaired) electrons. The highest BCUT2D eigenvalue weighted by Crippen LogP contribution is 2.30. The average molecular weight is 393 g/mol. The Morgan fingerprint density at radius 1 is 0.933 bits per heavy atom. The smallest absolute Gasteiger partial charge is 0.0294 e. The van der Waals surface area contributed by atoms with E-state index in [9.17, 15) is 0 Å². The Kier molecular flexibility index (Phi) is 3.86. The highest BCUT2D eigenvalue weighted by atomic mass is 79.9. The summed E-state index contributed by atoms with van der Waals surface area (Å²) >= 11 is 10.6. The summed E-state index contributed by atoms with van der Waals surface area (Å²) in [4.78, 5) is 0. The van der Waals surface area contributed by atoms with Gasteiger partial charge in [0.15, 0.2) is 0 Å². The molecule has 2 rings (SSSR count). The molecule has 0 nitrogen and oxygen atoms in total. The van der Waals surface area contributed by atoms with Crippen LogP contribution < -0.4 is 0 Å². The van der Waals surface area contributed by atoms with Crippen LogP contribution in [-0.4, -0.2) is 0 Å². The molecule has 0 aliphatic rings. The van der Waals surface area contributed by atoms with Gasteiger partial charge >= 0.3 is 0 Å². The summed E-state index contributed by atoms with van der Waals surface area (Å²) in [5.41, 5.74) is 2.59. The first-order valence-corrected chi connectivity index (χ1v) is 7.62. The summed E-state index contributed by atoms with van der Waals surface area (Å²) in [5.74, 6) is 0. The van der Waals surface area contributed by atoms with E-state index in [2.05, 4.69) is 78.1 Å². The van der Waals surface area contributed by atoms with Crippen LogP contribution >= 0.6 is 47.8 Å². The molecule has 3 heteroatoms. The van der Waals surface area contributed by atoms with Crippen molar-refractivity contribution in [1.82, 2.24) is 0 Å². The predicted octanol–water partition coefficient (Wildman–Crippen LogP) is 5.39. The van der Waals surface area contributed by atoms with E-state index in [-0.39, 0.29) is 0 Å². The fourth-order valence-electron chi connectivity index (χ4n) is 1.56. The van der Waals surface area contributed by atoms with Crippen molar-refractivity contribution in [1.29, 1.82) is 0 Å². The number of benzene rings is 2. The molecule has 2 aromatic rings. The Morgan fingerprint density at radius 2 is 1.67 bits per heavy atom. The molecule has 0 saturated heterocycles. The van der Waals surface area contributed by atoms with Gasteiger partial charge < -0.3 is 0 Å². The molecule has 0 spiro atoms. The third kappa shape index (κ3) is 2.29. The molecule has 0 aliphatic carbocycles. The third-order valence-corrected chi connectivity index (χ3v) is 4.59. The molecule has 78 valence electrons. The zero-order valence-corrected chi connectivity index (χ0v) is 12.7. The minimum atomic E-state index is 0.877. The van der Waals surface area contributed by atoms with Gasteiger partial charge in [0.1, 0.15) is 0 Å². The van der Waals surface area contributed by atoms with Gasteiger partial charge in [0.25, 0.3) is 0 Å². The molecule has 0 fully saturated rings. The van der Waals surface area contributed by atoms with Gasteiger partial charge in [-0.15, -0.1) is 0 Å². The van der Waals surface area contributed by atoms with Gasteiger partial charge in [-0.25, -0.2) is 0 Å². The zero-order valence-electron chi connectivity index (χ0n) is 7.93. The van der Waals surface area contributed by atoms with Gasteiger partial charge in [-0.05, 0) is 43.9 Å². The van der Waals surface area contributed by atoms with Gasteiger partial charge in [-0.3, -0.25) is 0 Å². The largest absolute Gasteiger partial charge is 0.0876 e. The van der Waals surface area contributed by atoms with Crippen molar-refractivity contribution in [3.8, 4) is 0 Å². The molecular weight excluding hydrogens is 384 g/mol. The Hall–Kier alpha value is 0.140. The number of fused-ring (bicyclic) bond motifs is 1. The highest BCUT2D eigenvalue weighted by Gasteiger charge is 2.04. The monoisotopic (exact) mass is 390 g/mol. The second kappa shape index (κ2) is 4.98. The first-order valence-electron chi connectivity index (χ1n) is 4.58. The quantitative estimate of drug-likeness (QED) is 0.601. The molecule has 0 bridgehead atoms. The Bertz CT molecular complexity index is 486. The van der Waals surface area contributed by atoms with Crippen LogP contribution in [0.5, 0.6) is 0 Å². The van der Waals surface area contributed by atoms with E-state index in [1.54, 1.807) is 0 Å². The third-order valence-electron chi connectivity index (χ3n) is 2.40. The molecule has 0 aliphatic heterocycles. The van der Waals surface area contributed by atoms with E-state index in [1.165, 1.54) is 26.4 Å². The van der Waals surface area contributed by atoms with Crippen molar-refractivity contribution in [2.75, 3.05) is 0 Å². The van der Waals surface area contributed by atoms with Crippen LogP contribution in [0.4, 0.5) is 0 Å². The van der Waals surface area contributed by atoms with Crippen LogP contribution in [0.3, 0.4) is 0 Å². The van der Waals surface area contributed by atoms with Gasteiger partial charge in [0.2, 0.25) is 0 Å². The van der Waals surface area contributed by atoms with E-state index >= 15 is 0 Å². The molecule has 0 heterocycles. The van der Waals surface area contributed by atoms with Gasteiger partial charge in [0.05, 0.1) is 0 Å². The summed E-state index contributed by atoms with van der Waals surface area (Å²) in [7, 11) is 0. The van der Waals surface area contributed by atoms with E-state index in [0.29, 0.717) is 0 Å². The molecule has 0 aromatic heterocycles. The summed E-state index contributed by atoms with van der Waals surface area (Å²) in [6.45, 7) is 0. The van der Waals surface area contributed by atoms with Crippen molar-refractivity contribution < 1.29 is 0 Å². The SMILES string of the molecule is BrCc1ccc2ccc(CBr)c(Br)c2c1. The van der Waals surface area contributed by atoms with E-state index in [4.69, 9.17) is 0 Å². The van der Waals surface area contributed by atoms with Crippen LogP contribution in [0.15, 0.2) is 34.8 Å². The molecule has 0 N–H and O–H groups in total. The van der Waals surface area contributed by atoms with E-state index < -0.39 is 0 Å². The lowest BCUT2D eigenvalue weighted by Gasteiger charge is -2.06. The Labute approximate surface area is 114 Å². The van der Waals surface area contributed by atoms with Crippen molar-refractivity contribution >= 4 is 58.6 Å². The first kappa shape index (κ1) is 11.6. The second-order valence-electron chi connectivity index (χ2n) is 3.36. The average Bonchev–Trinajstić information content (AvgIpc) is 2.29. The zero-order chi connectivity index (χ0) is 10.8. The van der Waals surface area contributed by atoms with Crippen LogP contribution in [0.2, 0.25) is 0 Å². The number of alkyl halides is 2. The maximum absolute atomic E-state index is 3.66. The molecule has 15 heavy (non-hydrogen) atoms. The van der Waals surface area contributed by atoms with Crippen LogP contribution in [0.1, 0.15) is 11.1 Å². The Morgan fingerprint density at radius 3 is 2.33 bits per heavy atom. The lowest BCUT2D eigenvalue weighted by molar-refractivity contribution is 1.41. The fraction of sp³-hybridized carbons (Fsp3) is 0.167. The van der Waals surface area contributed by atoms with Crippen LogP contribution in [0.25, 0.3) is 10.8 Å². The number of rotatable bonds is 2. The van der Waals surface area contributed by atoms with Gasteiger partial charge in [-0.2, -0.15) is 0 Å². The predicted molar refractivity (Wildman–Crippen MR) is 76.9 cm³/mol.